The molecule has 105 valence electrons. The lowest BCUT2D eigenvalue weighted by molar-refractivity contribution is 0.0951. The molecule has 0 spiro atoms. The van der Waals surface area contributed by atoms with E-state index >= 15 is 0 Å². The fourth-order valence-corrected chi connectivity index (χ4v) is 2.22. The van der Waals surface area contributed by atoms with Gasteiger partial charge in [0, 0.05) is 12.6 Å². The summed E-state index contributed by atoms with van der Waals surface area (Å²) in [5.41, 5.74) is 1.81. The van der Waals surface area contributed by atoms with Crippen molar-refractivity contribution in [3.05, 3.63) is 60.5 Å². The van der Waals surface area contributed by atoms with Crippen LogP contribution in [0.15, 0.2) is 42.9 Å². The molecule has 1 atom stereocenters. The van der Waals surface area contributed by atoms with Gasteiger partial charge in [-0.3, -0.25) is 4.79 Å². The van der Waals surface area contributed by atoms with Crippen LogP contribution in [0.2, 0.25) is 0 Å². The van der Waals surface area contributed by atoms with E-state index in [4.69, 9.17) is 0 Å². The second kappa shape index (κ2) is 7.04. The van der Waals surface area contributed by atoms with E-state index in [2.05, 4.69) is 42.4 Å². The molecule has 0 aliphatic heterocycles. The van der Waals surface area contributed by atoms with Crippen LogP contribution in [0.25, 0.3) is 0 Å². The van der Waals surface area contributed by atoms with Gasteiger partial charge in [0.2, 0.25) is 0 Å². The zero-order chi connectivity index (χ0) is 14.4. The van der Waals surface area contributed by atoms with Gasteiger partial charge in [-0.25, -0.2) is 4.98 Å². The fourth-order valence-electron chi connectivity index (χ4n) is 2.22. The lowest BCUT2D eigenvalue weighted by Crippen LogP contribution is -2.16. The Morgan fingerprint density at radius 3 is 2.65 bits per heavy atom. The van der Waals surface area contributed by atoms with E-state index in [9.17, 15) is 4.79 Å². The quantitative estimate of drug-likeness (QED) is 0.779. The normalized spacial score (nSPS) is 12.6. The van der Waals surface area contributed by atoms with Crippen molar-refractivity contribution in [3.8, 4) is 0 Å². The molecular weight excluding hydrogens is 248 g/mol. The van der Waals surface area contributed by atoms with Crippen molar-refractivity contribution in [1.29, 1.82) is 0 Å². The maximum absolute atomic E-state index is 12.1. The third kappa shape index (κ3) is 4.05. The minimum Gasteiger partial charge on any atom is -0.350 e. The van der Waals surface area contributed by atoms with Crippen LogP contribution in [0.4, 0.5) is 0 Å². The summed E-state index contributed by atoms with van der Waals surface area (Å²) in [5.74, 6) is 0.829. The van der Waals surface area contributed by atoms with E-state index in [1.807, 2.05) is 18.2 Å². The number of Topliss-reactive ketones (excluding diaryl/α,β-unsaturated/α-hetero) is 1. The van der Waals surface area contributed by atoms with E-state index in [-0.39, 0.29) is 11.7 Å². The summed E-state index contributed by atoms with van der Waals surface area (Å²) < 4.78 is 0. The van der Waals surface area contributed by atoms with Gasteiger partial charge in [-0.2, -0.15) is 0 Å². The van der Waals surface area contributed by atoms with Gasteiger partial charge in [-0.15, -0.1) is 0 Å². The molecule has 1 aromatic carbocycles. The SMILES string of the molecule is CC(C)C([CH]Cc1ccccc1)CC(=O)c1c[nH]cn1. The standard InChI is InChI=1S/C17H21N2O/c1-13(2)15(9-8-14-6-4-3-5-7-14)10-17(20)16-11-18-12-19-16/h3-7,9,11-13,15H,8,10H2,1-2H3,(H,18,19). The Balaban J connectivity index is 1.92. The van der Waals surface area contributed by atoms with E-state index in [0.717, 1.165) is 6.42 Å². The van der Waals surface area contributed by atoms with Gasteiger partial charge < -0.3 is 4.98 Å². The lowest BCUT2D eigenvalue weighted by Gasteiger charge is -2.19. The van der Waals surface area contributed by atoms with Crippen LogP contribution < -0.4 is 0 Å². The summed E-state index contributed by atoms with van der Waals surface area (Å²) in [7, 11) is 0. The van der Waals surface area contributed by atoms with Gasteiger partial charge in [0.05, 0.1) is 6.33 Å². The first-order valence-electron chi connectivity index (χ1n) is 7.06. The first-order valence-corrected chi connectivity index (χ1v) is 7.06. The highest BCUT2D eigenvalue weighted by atomic mass is 16.1. The molecule has 1 radical (unpaired) electrons. The van der Waals surface area contributed by atoms with Crippen LogP contribution in [0.3, 0.4) is 0 Å². The molecule has 1 N–H and O–H groups in total. The molecule has 3 heteroatoms. The Morgan fingerprint density at radius 1 is 1.30 bits per heavy atom. The predicted octanol–water partition coefficient (Wildman–Crippen LogP) is 3.70. The number of rotatable bonds is 7. The zero-order valence-electron chi connectivity index (χ0n) is 12.0. The Labute approximate surface area is 120 Å². The Hall–Kier alpha value is -1.90. The number of nitrogens with one attached hydrogen (secondary N) is 1. The first-order chi connectivity index (χ1) is 9.66. The molecular formula is C17H21N2O. The topological polar surface area (TPSA) is 45.8 Å². The van der Waals surface area contributed by atoms with Crippen LogP contribution >= 0.6 is 0 Å². The van der Waals surface area contributed by atoms with Crippen molar-refractivity contribution in [3.63, 3.8) is 0 Å². The third-order valence-corrected chi connectivity index (χ3v) is 3.56. The number of ketones is 1. The molecule has 2 rings (SSSR count). The molecule has 1 unspecified atom stereocenters. The highest BCUT2D eigenvalue weighted by Crippen LogP contribution is 2.22. The van der Waals surface area contributed by atoms with Gasteiger partial charge in [-0.05, 0) is 30.2 Å². The summed E-state index contributed by atoms with van der Waals surface area (Å²) in [6, 6.07) is 10.3. The molecule has 0 saturated carbocycles. The highest BCUT2D eigenvalue weighted by Gasteiger charge is 2.19. The summed E-state index contributed by atoms with van der Waals surface area (Å²) in [6.07, 6.45) is 6.89. The molecule has 0 aliphatic rings. The molecule has 2 aromatic rings. The van der Waals surface area contributed by atoms with Crippen LogP contribution in [-0.2, 0) is 6.42 Å². The number of benzene rings is 1. The van der Waals surface area contributed by atoms with Gasteiger partial charge >= 0.3 is 0 Å². The minimum atomic E-state index is 0.106. The largest absolute Gasteiger partial charge is 0.350 e. The number of hydrogen-bond acceptors (Lipinski definition) is 2. The molecule has 0 aliphatic carbocycles. The van der Waals surface area contributed by atoms with Crippen molar-refractivity contribution in [2.75, 3.05) is 0 Å². The number of hydrogen-bond donors (Lipinski definition) is 1. The van der Waals surface area contributed by atoms with Crippen molar-refractivity contribution < 1.29 is 4.79 Å². The number of imidazole rings is 1. The van der Waals surface area contributed by atoms with Crippen molar-refractivity contribution in [1.82, 2.24) is 9.97 Å². The average molecular weight is 269 g/mol. The second-order valence-corrected chi connectivity index (χ2v) is 5.42. The monoisotopic (exact) mass is 269 g/mol. The number of carbonyl (C=O) groups excluding carboxylic acids is 1. The van der Waals surface area contributed by atoms with Gasteiger partial charge in [-0.1, -0.05) is 44.2 Å². The number of aromatic amines is 1. The van der Waals surface area contributed by atoms with E-state index in [0.29, 0.717) is 18.0 Å². The maximum Gasteiger partial charge on any atom is 0.183 e. The van der Waals surface area contributed by atoms with E-state index < -0.39 is 0 Å². The number of H-pyrrole nitrogens is 1. The number of carbonyl (C=O) groups is 1. The highest BCUT2D eigenvalue weighted by molar-refractivity contribution is 5.94. The smallest absolute Gasteiger partial charge is 0.183 e. The van der Waals surface area contributed by atoms with Gasteiger partial charge in [0.1, 0.15) is 5.69 Å². The molecule has 0 amide bonds. The van der Waals surface area contributed by atoms with Crippen LogP contribution in [0.5, 0.6) is 0 Å². The molecule has 1 heterocycles. The first kappa shape index (κ1) is 14.5. The fraction of sp³-hybridized carbons (Fsp3) is 0.353. The summed E-state index contributed by atoms with van der Waals surface area (Å²) in [5, 5.41) is 0. The lowest BCUT2D eigenvalue weighted by atomic mass is 9.85. The molecule has 1 aromatic heterocycles. The van der Waals surface area contributed by atoms with Gasteiger partial charge in [0.25, 0.3) is 0 Å². The zero-order valence-corrected chi connectivity index (χ0v) is 12.0. The van der Waals surface area contributed by atoms with Crippen molar-refractivity contribution >= 4 is 5.78 Å². The second-order valence-electron chi connectivity index (χ2n) is 5.42. The minimum absolute atomic E-state index is 0.106. The Bertz CT molecular complexity index is 517. The van der Waals surface area contributed by atoms with Crippen molar-refractivity contribution in [2.24, 2.45) is 11.8 Å². The summed E-state index contributed by atoms with van der Waals surface area (Å²) in [6.45, 7) is 4.31. The van der Waals surface area contributed by atoms with Gasteiger partial charge in [0.15, 0.2) is 5.78 Å². The number of aromatic nitrogens is 2. The average Bonchev–Trinajstić information content (AvgIpc) is 2.98. The predicted molar refractivity (Wildman–Crippen MR) is 80.3 cm³/mol. The Kier molecular flexibility index (Phi) is 5.10. The van der Waals surface area contributed by atoms with E-state index in [1.54, 1.807) is 12.5 Å². The molecule has 0 saturated heterocycles. The summed E-state index contributed by atoms with van der Waals surface area (Å²) >= 11 is 0. The molecule has 3 nitrogen and oxygen atoms in total. The Morgan fingerprint density at radius 2 is 2.05 bits per heavy atom. The maximum atomic E-state index is 12.1. The van der Waals surface area contributed by atoms with Crippen LogP contribution in [-0.4, -0.2) is 15.8 Å². The van der Waals surface area contributed by atoms with Crippen LogP contribution in [0.1, 0.15) is 36.3 Å². The van der Waals surface area contributed by atoms with Crippen LogP contribution in [0, 0.1) is 18.3 Å². The third-order valence-electron chi connectivity index (χ3n) is 3.56. The molecule has 0 bridgehead atoms. The number of nitrogens with zero attached hydrogens (tertiary/aromatic N) is 1. The molecule has 0 fully saturated rings. The molecule has 20 heavy (non-hydrogen) atoms. The van der Waals surface area contributed by atoms with Crippen molar-refractivity contribution in [2.45, 2.75) is 26.7 Å². The summed E-state index contributed by atoms with van der Waals surface area (Å²) in [4.78, 5) is 19.0. The van der Waals surface area contributed by atoms with E-state index in [1.165, 1.54) is 5.56 Å².